The molecule has 0 bridgehead atoms. The summed E-state index contributed by atoms with van der Waals surface area (Å²) in [7, 11) is 0. The zero-order valence-corrected chi connectivity index (χ0v) is 11.1. The van der Waals surface area contributed by atoms with E-state index in [4.69, 9.17) is 0 Å². The summed E-state index contributed by atoms with van der Waals surface area (Å²) in [6.07, 6.45) is 3.18. The van der Waals surface area contributed by atoms with Crippen LogP contribution in [0.5, 0.6) is 0 Å². The van der Waals surface area contributed by atoms with Gasteiger partial charge in [0.05, 0.1) is 24.6 Å². The summed E-state index contributed by atoms with van der Waals surface area (Å²) in [4.78, 5) is 15.7. The van der Waals surface area contributed by atoms with Crippen LogP contribution in [0.25, 0.3) is 5.69 Å². The second-order valence-corrected chi connectivity index (χ2v) is 4.72. The first-order valence-corrected chi connectivity index (χ1v) is 6.64. The minimum absolute atomic E-state index is 0.156. The van der Waals surface area contributed by atoms with E-state index < -0.39 is 0 Å². The zero-order chi connectivity index (χ0) is 14.2. The summed E-state index contributed by atoms with van der Waals surface area (Å²) in [5.74, 6) is 0.644. The molecule has 0 saturated heterocycles. The topological polar surface area (TPSA) is 68.8 Å². The molecule has 104 valence electrons. The van der Waals surface area contributed by atoms with Crippen molar-refractivity contribution in [2.24, 2.45) is 0 Å². The van der Waals surface area contributed by atoms with Crippen LogP contribution < -0.4 is 4.90 Å². The number of hydrogen-bond donors (Lipinski definition) is 0. The van der Waals surface area contributed by atoms with Crippen LogP contribution in [0.1, 0.15) is 10.5 Å². The molecular weight excluding hydrogens is 268 g/mol. The van der Waals surface area contributed by atoms with Crippen LogP contribution in [-0.2, 0) is 6.54 Å². The summed E-state index contributed by atoms with van der Waals surface area (Å²) in [6, 6.07) is 11.3. The van der Waals surface area contributed by atoms with Gasteiger partial charge < -0.3 is 0 Å². The lowest BCUT2D eigenvalue weighted by Gasteiger charge is -2.12. The average Bonchev–Trinajstić information content (AvgIpc) is 3.23. The number of amides is 1. The maximum atomic E-state index is 12.5. The molecule has 4 rings (SSSR count). The zero-order valence-electron chi connectivity index (χ0n) is 11.1. The first-order chi connectivity index (χ1) is 10.3. The Hall–Kier alpha value is -2.96. The third-order valence-corrected chi connectivity index (χ3v) is 3.45. The Morgan fingerprint density at radius 3 is 2.76 bits per heavy atom. The number of fused-ring (bicyclic) bond motifs is 1. The number of aromatic nitrogens is 5. The summed E-state index contributed by atoms with van der Waals surface area (Å²) in [5, 5.41) is 12.6. The molecule has 0 spiro atoms. The van der Waals surface area contributed by atoms with E-state index in [9.17, 15) is 4.79 Å². The highest BCUT2D eigenvalue weighted by atomic mass is 16.2. The normalized spacial score (nSPS) is 13.4. The van der Waals surface area contributed by atoms with E-state index in [-0.39, 0.29) is 5.91 Å². The predicted octanol–water partition coefficient (Wildman–Crippen LogP) is 1.12. The highest BCUT2D eigenvalue weighted by Crippen LogP contribution is 2.21. The number of para-hydroxylation sites is 1. The first kappa shape index (κ1) is 11.8. The van der Waals surface area contributed by atoms with Crippen LogP contribution >= 0.6 is 0 Å². The molecule has 1 aromatic carbocycles. The minimum Gasteiger partial charge on any atom is -0.290 e. The van der Waals surface area contributed by atoms with Gasteiger partial charge in [-0.05, 0) is 12.1 Å². The molecule has 3 aromatic rings. The van der Waals surface area contributed by atoms with E-state index in [0.29, 0.717) is 18.8 Å². The highest BCUT2D eigenvalue weighted by molar-refractivity contribution is 6.04. The molecule has 0 radical (unpaired) electrons. The van der Waals surface area contributed by atoms with Crippen LogP contribution in [0.2, 0.25) is 0 Å². The first-order valence-electron chi connectivity index (χ1n) is 6.64. The Kier molecular flexibility index (Phi) is 2.56. The average molecular weight is 280 g/mol. The molecule has 7 nitrogen and oxygen atoms in total. The highest BCUT2D eigenvalue weighted by Gasteiger charge is 2.27. The Labute approximate surface area is 120 Å². The molecule has 0 unspecified atom stereocenters. The van der Waals surface area contributed by atoms with Crippen molar-refractivity contribution in [1.82, 2.24) is 24.8 Å². The lowest BCUT2D eigenvalue weighted by Crippen LogP contribution is -2.29. The van der Waals surface area contributed by atoms with Crippen molar-refractivity contribution in [2.45, 2.75) is 6.54 Å². The number of benzene rings is 1. The van der Waals surface area contributed by atoms with E-state index in [0.717, 1.165) is 11.5 Å². The predicted molar refractivity (Wildman–Crippen MR) is 75.3 cm³/mol. The van der Waals surface area contributed by atoms with Crippen molar-refractivity contribution in [3.05, 3.63) is 54.5 Å². The minimum atomic E-state index is -0.156. The van der Waals surface area contributed by atoms with Crippen molar-refractivity contribution in [2.75, 3.05) is 11.4 Å². The fraction of sp³-hybridized carbons (Fsp3) is 0.143. The summed E-state index contributed by atoms with van der Waals surface area (Å²) >= 11 is 0. The standard InChI is InChI=1S/C14H12N6O/c21-14(18-8-9-19-13(18)6-7-15-19)12-10-16-20(17-12)11-4-2-1-3-5-11/h1-7,10H,8-9H2. The van der Waals surface area contributed by atoms with Gasteiger partial charge in [0.1, 0.15) is 5.82 Å². The molecule has 3 heterocycles. The van der Waals surface area contributed by atoms with Gasteiger partial charge in [-0.2, -0.15) is 15.0 Å². The summed E-state index contributed by atoms with van der Waals surface area (Å²) < 4.78 is 1.81. The Bertz CT molecular complexity index is 791. The maximum Gasteiger partial charge on any atom is 0.281 e. The van der Waals surface area contributed by atoms with Crippen molar-refractivity contribution in [3.8, 4) is 5.69 Å². The number of hydrogen-bond acceptors (Lipinski definition) is 4. The third kappa shape index (κ3) is 1.90. The lowest BCUT2D eigenvalue weighted by atomic mass is 10.3. The lowest BCUT2D eigenvalue weighted by molar-refractivity contribution is 0.0984. The molecule has 0 atom stereocenters. The molecule has 1 aliphatic rings. The van der Waals surface area contributed by atoms with E-state index >= 15 is 0 Å². The van der Waals surface area contributed by atoms with Gasteiger partial charge in [0, 0.05) is 12.6 Å². The van der Waals surface area contributed by atoms with E-state index in [1.165, 1.54) is 11.0 Å². The van der Waals surface area contributed by atoms with Crippen molar-refractivity contribution in [3.63, 3.8) is 0 Å². The van der Waals surface area contributed by atoms with E-state index in [1.807, 2.05) is 36.4 Å². The van der Waals surface area contributed by atoms with Crippen LogP contribution in [0.4, 0.5) is 5.82 Å². The van der Waals surface area contributed by atoms with Gasteiger partial charge in [-0.25, -0.2) is 4.68 Å². The van der Waals surface area contributed by atoms with Gasteiger partial charge in [-0.1, -0.05) is 18.2 Å². The number of carbonyl (C=O) groups is 1. The Balaban J connectivity index is 1.63. The number of anilines is 1. The molecule has 0 saturated carbocycles. The van der Waals surface area contributed by atoms with Gasteiger partial charge in [0.15, 0.2) is 5.69 Å². The molecule has 0 fully saturated rings. The second-order valence-electron chi connectivity index (χ2n) is 4.72. The van der Waals surface area contributed by atoms with Gasteiger partial charge in [-0.3, -0.25) is 9.69 Å². The van der Waals surface area contributed by atoms with Crippen molar-refractivity contribution >= 4 is 11.7 Å². The molecule has 0 N–H and O–H groups in total. The van der Waals surface area contributed by atoms with Gasteiger partial charge in [0.25, 0.3) is 5.91 Å². The fourth-order valence-electron chi connectivity index (χ4n) is 2.43. The van der Waals surface area contributed by atoms with E-state index in [1.54, 1.807) is 15.8 Å². The van der Waals surface area contributed by atoms with Crippen molar-refractivity contribution in [1.29, 1.82) is 0 Å². The van der Waals surface area contributed by atoms with Gasteiger partial charge in [0.2, 0.25) is 0 Å². The quantitative estimate of drug-likeness (QED) is 0.705. The number of carbonyl (C=O) groups excluding carboxylic acids is 1. The van der Waals surface area contributed by atoms with Crippen LogP contribution in [0, 0.1) is 0 Å². The monoisotopic (exact) mass is 280 g/mol. The number of rotatable bonds is 2. The van der Waals surface area contributed by atoms with E-state index in [2.05, 4.69) is 15.3 Å². The van der Waals surface area contributed by atoms with Crippen LogP contribution in [-0.4, -0.2) is 37.2 Å². The molecule has 0 aliphatic carbocycles. The molecule has 1 amide bonds. The molecule has 1 aliphatic heterocycles. The second kappa shape index (κ2) is 4.55. The van der Waals surface area contributed by atoms with Gasteiger partial charge in [-0.15, -0.1) is 5.10 Å². The SMILES string of the molecule is O=C(c1cnn(-c2ccccc2)n1)N1CCn2nccc21. The van der Waals surface area contributed by atoms with Crippen LogP contribution in [0.15, 0.2) is 48.8 Å². The van der Waals surface area contributed by atoms with Crippen molar-refractivity contribution < 1.29 is 4.79 Å². The summed E-state index contributed by atoms with van der Waals surface area (Å²) in [6.45, 7) is 1.32. The summed E-state index contributed by atoms with van der Waals surface area (Å²) in [5.41, 5.74) is 1.15. The fourth-order valence-corrected chi connectivity index (χ4v) is 2.43. The maximum absolute atomic E-state index is 12.5. The largest absolute Gasteiger partial charge is 0.290 e. The third-order valence-electron chi connectivity index (χ3n) is 3.45. The molecule has 7 heteroatoms. The smallest absolute Gasteiger partial charge is 0.281 e. The number of nitrogens with zero attached hydrogens (tertiary/aromatic N) is 6. The Morgan fingerprint density at radius 2 is 1.90 bits per heavy atom. The van der Waals surface area contributed by atoms with Crippen LogP contribution in [0.3, 0.4) is 0 Å². The molecule has 21 heavy (non-hydrogen) atoms. The molecular formula is C14H12N6O. The molecule has 2 aromatic heterocycles. The van der Waals surface area contributed by atoms with Gasteiger partial charge >= 0.3 is 0 Å². The Morgan fingerprint density at radius 1 is 1.05 bits per heavy atom.